The highest BCUT2D eigenvalue weighted by atomic mass is 35.5. The van der Waals surface area contributed by atoms with Crippen LogP contribution in [0.25, 0.3) is 0 Å². The van der Waals surface area contributed by atoms with E-state index in [9.17, 15) is 4.79 Å². The molecule has 2 fully saturated rings. The number of piperidine rings is 1. The third-order valence-electron chi connectivity index (χ3n) is 6.82. The van der Waals surface area contributed by atoms with Gasteiger partial charge in [0.05, 0.1) is 11.7 Å². The fourth-order valence-corrected chi connectivity index (χ4v) is 5.36. The lowest BCUT2D eigenvalue weighted by molar-refractivity contribution is 0.0979. The Hall–Kier alpha value is -1.92. The largest absolute Gasteiger partial charge is 0.317 e. The van der Waals surface area contributed by atoms with E-state index in [4.69, 9.17) is 0 Å². The predicted octanol–water partition coefficient (Wildman–Crippen LogP) is 3.41. The number of aromatic nitrogens is 3. The van der Waals surface area contributed by atoms with E-state index < -0.39 is 0 Å². The number of nitrogens with one attached hydrogen (secondary N) is 1. The van der Waals surface area contributed by atoms with Gasteiger partial charge < -0.3 is 10.2 Å². The molecule has 150 valence electrons. The van der Waals surface area contributed by atoms with Gasteiger partial charge in [0, 0.05) is 17.6 Å². The van der Waals surface area contributed by atoms with Crippen LogP contribution in [0.1, 0.15) is 66.3 Å². The first-order valence-corrected chi connectivity index (χ1v) is 10.2. The Morgan fingerprint density at radius 3 is 2.64 bits per heavy atom. The van der Waals surface area contributed by atoms with Crippen LogP contribution >= 0.6 is 12.4 Å². The van der Waals surface area contributed by atoms with Crippen LogP contribution in [0.5, 0.6) is 0 Å². The normalized spacial score (nSPS) is 21.0. The monoisotopic (exact) mass is 401 g/mol. The summed E-state index contributed by atoms with van der Waals surface area (Å²) in [6.07, 6.45) is 6.92. The first-order valence-electron chi connectivity index (χ1n) is 10.2. The van der Waals surface area contributed by atoms with Gasteiger partial charge in [-0.3, -0.25) is 4.79 Å². The molecule has 1 aromatic carbocycles. The van der Waals surface area contributed by atoms with Gasteiger partial charge in [0.2, 0.25) is 0 Å². The molecule has 7 heteroatoms. The van der Waals surface area contributed by atoms with Crippen LogP contribution in [0.4, 0.5) is 5.69 Å². The number of benzene rings is 1. The molecule has 3 aliphatic rings. The average molecular weight is 402 g/mol. The zero-order chi connectivity index (χ0) is 18.4. The van der Waals surface area contributed by atoms with E-state index in [2.05, 4.69) is 33.8 Å². The van der Waals surface area contributed by atoms with E-state index >= 15 is 0 Å². The third-order valence-corrected chi connectivity index (χ3v) is 6.82. The maximum atomic E-state index is 13.5. The lowest BCUT2D eigenvalue weighted by atomic mass is 9.81. The topological polar surface area (TPSA) is 63.1 Å². The highest BCUT2D eigenvalue weighted by Crippen LogP contribution is 2.50. The van der Waals surface area contributed by atoms with Gasteiger partial charge in [0.1, 0.15) is 0 Å². The number of rotatable bonds is 2. The van der Waals surface area contributed by atoms with E-state index in [-0.39, 0.29) is 23.7 Å². The highest BCUT2D eigenvalue weighted by molar-refractivity contribution is 6.07. The Balaban J connectivity index is 0.00000192. The standard InChI is InChI=1S/C21H27N5O.ClH/c1-15-19(23-24-26(15)16-8-12-22-13-9-16)20(27)25-14-21(10-4-5-11-21)17-6-2-3-7-18(17)25;/h2-3,6-7,16,22H,4-5,8-14H2,1H3;1H. The molecule has 28 heavy (non-hydrogen) atoms. The van der Waals surface area contributed by atoms with Crippen molar-refractivity contribution in [3.63, 3.8) is 0 Å². The summed E-state index contributed by atoms with van der Waals surface area (Å²) in [4.78, 5) is 15.4. The minimum atomic E-state index is 0. The van der Waals surface area contributed by atoms with Crippen LogP contribution in [-0.4, -0.2) is 40.5 Å². The number of carbonyl (C=O) groups excluding carboxylic acids is 1. The fraction of sp³-hybridized carbons (Fsp3) is 0.571. The molecular formula is C21H28ClN5O. The van der Waals surface area contributed by atoms with Crippen molar-refractivity contribution in [3.8, 4) is 0 Å². The molecule has 0 radical (unpaired) electrons. The van der Waals surface area contributed by atoms with Crippen molar-refractivity contribution in [3.05, 3.63) is 41.2 Å². The first kappa shape index (κ1) is 19.4. The van der Waals surface area contributed by atoms with E-state index in [1.54, 1.807) is 0 Å². The smallest absolute Gasteiger partial charge is 0.280 e. The molecule has 3 heterocycles. The predicted molar refractivity (Wildman–Crippen MR) is 111 cm³/mol. The summed E-state index contributed by atoms with van der Waals surface area (Å²) in [5, 5.41) is 12.1. The second-order valence-corrected chi connectivity index (χ2v) is 8.35. The van der Waals surface area contributed by atoms with Gasteiger partial charge in [-0.1, -0.05) is 36.3 Å². The van der Waals surface area contributed by atoms with Gasteiger partial charge >= 0.3 is 0 Å². The van der Waals surface area contributed by atoms with Crippen LogP contribution in [0.3, 0.4) is 0 Å². The van der Waals surface area contributed by atoms with Crippen molar-refractivity contribution in [1.29, 1.82) is 0 Å². The zero-order valence-electron chi connectivity index (χ0n) is 16.4. The lowest BCUT2D eigenvalue weighted by Gasteiger charge is -2.25. The molecule has 1 N–H and O–H groups in total. The molecule has 1 aliphatic carbocycles. The van der Waals surface area contributed by atoms with Crippen molar-refractivity contribution in [2.24, 2.45) is 0 Å². The Labute approximate surface area is 172 Å². The fourth-order valence-electron chi connectivity index (χ4n) is 5.36. The number of carbonyl (C=O) groups is 1. The summed E-state index contributed by atoms with van der Waals surface area (Å²) >= 11 is 0. The van der Waals surface area contributed by atoms with Gasteiger partial charge in [-0.05, 0) is 57.3 Å². The van der Waals surface area contributed by atoms with Gasteiger partial charge in [-0.15, -0.1) is 17.5 Å². The number of hydrogen-bond donors (Lipinski definition) is 1. The second kappa shape index (κ2) is 7.48. The van der Waals surface area contributed by atoms with Crippen molar-refractivity contribution >= 4 is 24.0 Å². The summed E-state index contributed by atoms with van der Waals surface area (Å²) in [6, 6.07) is 8.78. The molecule has 5 rings (SSSR count). The molecule has 6 nitrogen and oxygen atoms in total. The van der Waals surface area contributed by atoms with Crippen molar-refractivity contribution in [2.45, 2.75) is 56.9 Å². The average Bonchev–Trinajstić information content (AvgIpc) is 3.41. The molecule has 0 unspecified atom stereocenters. The Bertz CT molecular complexity index is 867. The third kappa shape index (κ3) is 2.94. The number of hydrogen-bond acceptors (Lipinski definition) is 4. The molecule has 1 spiro atoms. The Morgan fingerprint density at radius 1 is 1.18 bits per heavy atom. The van der Waals surface area contributed by atoms with Crippen molar-refractivity contribution in [1.82, 2.24) is 20.3 Å². The van der Waals surface area contributed by atoms with Crippen LogP contribution in [0.15, 0.2) is 24.3 Å². The van der Waals surface area contributed by atoms with Crippen molar-refractivity contribution < 1.29 is 4.79 Å². The minimum absolute atomic E-state index is 0. The molecular weight excluding hydrogens is 374 g/mol. The quantitative estimate of drug-likeness (QED) is 0.837. The number of anilines is 1. The first-order chi connectivity index (χ1) is 13.2. The van der Waals surface area contributed by atoms with Crippen LogP contribution in [0, 0.1) is 6.92 Å². The summed E-state index contributed by atoms with van der Waals surface area (Å²) in [6.45, 7) is 4.76. The highest BCUT2D eigenvalue weighted by Gasteiger charge is 2.46. The number of fused-ring (bicyclic) bond motifs is 2. The lowest BCUT2D eigenvalue weighted by Crippen LogP contribution is -2.36. The van der Waals surface area contributed by atoms with E-state index in [0.717, 1.165) is 43.9 Å². The SMILES string of the molecule is Cc1c(C(=O)N2CC3(CCCC3)c3ccccc32)nnn1C1CCNCC1.Cl. The van der Waals surface area contributed by atoms with Crippen LogP contribution < -0.4 is 10.2 Å². The van der Waals surface area contributed by atoms with E-state index in [1.807, 2.05) is 22.6 Å². The van der Waals surface area contributed by atoms with Gasteiger partial charge in [-0.25, -0.2) is 4.68 Å². The summed E-state index contributed by atoms with van der Waals surface area (Å²) in [5.41, 5.74) is 3.97. The van der Waals surface area contributed by atoms with Crippen molar-refractivity contribution in [2.75, 3.05) is 24.5 Å². The maximum absolute atomic E-state index is 13.5. The van der Waals surface area contributed by atoms with Gasteiger partial charge in [-0.2, -0.15) is 0 Å². The Kier molecular flexibility index (Phi) is 5.19. The van der Waals surface area contributed by atoms with Crippen LogP contribution in [-0.2, 0) is 5.41 Å². The molecule has 2 aliphatic heterocycles. The molecule has 1 aromatic heterocycles. The number of halogens is 1. The maximum Gasteiger partial charge on any atom is 0.280 e. The second-order valence-electron chi connectivity index (χ2n) is 8.35. The Morgan fingerprint density at radius 2 is 1.89 bits per heavy atom. The summed E-state index contributed by atoms with van der Waals surface area (Å²) < 4.78 is 1.97. The number of nitrogens with zero attached hydrogens (tertiary/aromatic N) is 4. The molecule has 0 atom stereocenters. The molecule has 1 saturated carbocycles. The molecule has 0 bridgehead atoms. The number of para-hydroxylation sites is 1. The molecule has 1 amide bonds. The summed E-state index contributed by atoms with van der Waals surface area (Å²) in [7, 11) is 0. The number of amides is 1. The van der Waals surface area contributed by atoms with Gasteiger partial charge in [0.15, 0.2) is 5.69 Å². The van der Waals surface area contributed by atoms with E-state index in [1.165, 1.54) is 31.2 Å². The minimum Gasteiger partial charge on any atom is -0.317 e. The van der Waals surface area contributed by atoms with Gasteiger partial charge in [0.25, 0.3) is 5.91 Å². The molecule has 1 saturated heterocycles. The van der Waals surface area contributed by atoms with E-state index in [0.29, 0.717) is 11.7 Å². The molecule has 2 aromatic rings. The zero-order valence-corrected chi connectivity index (χ0v) is 17.2. The summed E-state index contributed by atoms with van der Waals surface area (Å²) in [5.74, 6) is 0.00362. The van der Waals surface area contributed by atoms with Crippen LogP contribution in [0.2, 0.25) is 0 Å².